The van der Waals surface area contributed by atoms with Gasteiger partial charge in [0.1, 0.15) is 0 Å². The number of anilines is 2. The van der Waals surface area contributed by atoms with Crippen molar-refractivity contribution in [3.05, 3.63) is 46.4 Å². The van der Waals surface area contributed by atoms with Crippen LogP contribution in [0.4, 0.5) is 11.4 Å². The molecule has 0 aliphatic carbocycles. The molecule has 0 unspecified atom stereocenters. The smallest absolute Gasteiger partial charge is 0.0464 e. The molecule has 0 aliphatic rings. The maximum Gasteiger partial charge on any atom is 0.0464 e. The first-order chi connectivity index (χ1) is 8.40. The fourth-order valence-corrected chi connectivity index (χ4v) is 1.69. The minimum absolute atomic E-state index is 0. The molecule has 0 spiro atoms. The topological polar surface area (TPSA) is 52.0 Å². The molecule has 2 nitrogen and oxygen atoms in total. The molecule has 0 saturated carbocycles. The quantitative estimate of drug-likeness (QED) is 0.309. The van der Waals surface area contributed by atoms with Crippen molar-refractivity contribution in [3.8, 4) is 0 Å². The molecule has 0 aromatic heterocycles. The Kier molecular flexibility index (Phi) is 8.96. The van der Waals surface area contributed by atoms with E-state index in [1.54, 1.807) is 36.4 Å². The Labute approximate surface area is 146 Å². The Morgan fingerprint density at radius 1 is 0.737 bits per heavy atom. The zero-order chi connectivity index (χ0) is 13.7. The van der Waals surface area contributed by atoms with Crippen molar-refractivity contribution in [2.75, 3.05) is 11.5 Å². The third-order valence-electron chi connectivity index (χ3n) is 1.98. The summed E-state index contributed by atoms with van der Waals surface area (Å²) >= 11 is 19.3. The Balaban J connectivity index is 0.000000324. The van der Waals surface area contributed by atoms with Crippen molar-refractivity contribution < 1.29 is 19.5 Å². The van der Waals surface area contributed by atoms with E-state index in [0.717, 1.165) is 9.79 Å². The van der Waals surface area contributed by atoms with Gasteiger partial charge in [-0.15, -0.1) is 25.3 Å². The van der Waals surface area contributed by atoms with Crippen LogP contribution in [0.5, 0.6) is 0 Å². The predicted molar refractivity (Wildman–Crippen MR) is 86.2 cm³/mol. The average molecular weight is 385 g/mol. The van der Waals surface area contributed by atoms with Crippen molar-refractivity contribution in [1.82, 2.24) is 0 Å². The molecule has 7 heteroatoms. The molecule has 0 saturated heterocycles. The average Bonchev–Trinajstić information content (AvgIpc) is 2.30. The van der Waals surface area contributed by atoms with Crippen molar-refractivity contribution in [1.29, 1.82) is 0 Å². The molecule has 0 radical (unpaired) electrons. The summed E-state index contributed by atoms with van der Waals surface area (Å²) in [5, 5.41) is 1.29. The van der Waals surface area contributed by atoms with Crippen LogP contribution in [0.15, 0.2) is 46.2 Å². The molecule has 2 rings (SSSR count). The van der Waals surface area contributed by atoms with Crippen LogP contribution >= 0.6 is 48.5 Å². The first-order valence-electron chi connectivity index (χ1n) is 4.88. The van der Waals surface area contributed by atoms with Crippen molar-refractivity contribution in [2.45, 2.75) is 9.79 Å². The monoisotopic (exact) mass is 382 g/mol. The molecule has 0 fully saturated rings. The number of nitrogens with two attached hydrogens (primary N) is 2. The first kappa shape index (κ1) is 18.9. The summed E-state index contributed by atoms with van der Waals surface area (Å²) in [6.45, 7) is 0. The van der Waals surface area contributed by atoms with Gasteiger partial charge in [0.2, 0.25) is 0 Å². The van der Waals surface area contributed by atoms with Crippen molar-refractivity contribution in [3.63, 3.8) is 0 Å². The number of nitrogen functional groups attached to an aromatic ring is 2. The summed E-state index contributed by atoms with van der Waals surface area (Å²) in [5.74, 6) is 0. The number of benzene rings is 2. The maximum atomic E-state index is 5.60. The standard InChI is InChI=1S/2C6H6ClNS.Zn/c2*7-4-1-2-6(9)5(8)3-4;/h2*1-3,9H,8H2;. The molecular formula is C12H12Cl2N2S2Zn. The molecular weight excluding hydrogens is 373 g/mol. The summed E-state index contributed by atoms with van der Waals surface area (Å²) < 4.78 is 0. The minimum atomic E-state index is 0. The van der Waals surface area contributed by atoms with E-state index in [0.29, 0.717) is 21.4 Å². The van der Waals surface area contributed by atoms with Crippen LogP contribution in [-0.2, 0) is 19.5 Å². The van der Waals surface area contributed by atoms with Crippen molar-refractivity contribution in [2.24, 2.45) is 0 Å². The molecule has 2 aromatic carbocycles. The van der Waals surface area contributed by atoms with Gasteiger partial charge in [0.15, 0.2) is 0 Å². The summed E-state index contributed by atoms with van der Waals surface area (Å²) in [5.41, 5.74) is 12.2. The van der Waals surface area contributed by atoms with Crippen LogP contribution in [0.3, 0.4) is 0 Å². The fraction of sp³-hybridized carbons (Fsp3) is 0. The van der Waals surface area contributed by atoms with Crippen molar-refractivity contribution >= 4 is 59.8 Å². The van der Waals surface area contributed by atoms with Gasteiger partial charge in [-0.05, 0) is 36.4 Å². The zero-order valence-corrected chi connectivity index (χ0v) is 16.2. The van der Waals surface area contributed by atoms with E-state index in [2.05, 4.69) is 25.3 Å². The summed E-state index contributed by atoms with van der Waals surface area (Å²) in [7, 11) is 0. The molecule has 98 valence electrons. The molecule has 4 N–H and O–H groups in total. The molecule has 19 heavy (non-hydrogen) atoms. The largest absolute Gasteiger partial charge is 0.398 e. The Hall–Kier alpha value is -0.0566. The zero-order valence-electron chi connectivity index (χ0n) is 9.98. The van der Waals surface area contributed by atoms with E-state index < -0.39 is 0 Å². The number of halogens is 2. The van der Waals surface area contributed by atoms with Crippen LogP contribution in [0.2, 0.25) is 10.0 Å². The normalized spacial score (nSPS) is 9.05. The number of hydrogen-bond donors (Lipinski definition) is 4. The number of rotatable bonds is 0. The van der Waals surface area contributed by atoms with Crippen LogP contribution in [0.1, 0.15) is 0 Å². The van der Waals surface area contributed by atoms with E-state index in [1.807, 2.05) is 0 Å². The second-order valence-electron chi connectivity index (χ2n) is 3.41. The van der Waals surface area contributed by atoms with Gasteiger partial charge in [-0.1, -0.05) is 23.2 Å². The third kappa shape index (κ3) is 6.78. The van der Waals surface area contributed by atoms with Gasteiger partial charge in [-0.2, -0.15) is 0 Å². The SMILES string of the molecule is Nc1cc(Cl)ccc1S.Nc1cc(Cl)ccc1S.[Zn]. The summed E-state index contributed by atoms with van der Waals surface area (Å²) in [6.07, 6.45) is 0. The molecule has 0 amide bonds. The Bertz CT molecular complexity index is 504. The van der Waals surface area contributed by atoms with Gasteiger partial charge < -0.3 is 11.5 Å². The van der Waals surface area contributed by atoms with E-state index in [9.17, 15) is 0 Å². The third-order valence-corrected chi connectivity index (χ3v) is 3.26. The first-order valence-corrected chi connectivity index (χ1v) is 6.53. The molecule has 0 heterocycles. The van der Waals surface area contributed by atoms with Gasteiger partial charge in [-0.25, -0.2) is 0 Å². The Morgan fingerprint density at radius 2 is 1.05 bits per heavy atom. The maximum absolute atomic E-state index is 5.60. The van der Waals surface area contributed by atoms with Crippen LogP contribution in [0.25, 0.3) is 0 Å². The summed E-state index contributed by atoms with van der Waals surface area (Å²) in [4.78, 5) is 1.53. The van der Waals surface area contributed by atoms with Gasteiger partial charge in [0, 0.05) is 50.7 Å². The predicted octanol–water partition coefficient (Wildman–Crippen LogP) is 4.42. The van der Waals surface area contributed by atoms with E-state index in [-0.39, 0.29) is 19.5 Å². The second kappa shape index (κ2) is 8.99. The number of thiol groups is 2. The number of hydrogen-bond acceptors (Lipinski definition) is 4. The van der Waals surface area contributed by atoms with Gasteiger partial charge in [-0.3, -0.25) is 0 Å². The van der Waals surface area contributed by atoms with Crippen LogP contribution in [0, 0.1) is 0 Å². The van der Waals surface area contributed by atoms with E-state index in [4.69, 9.17) is 34.7 Å². The van der Waals surface area contributed by atoms with Gasteiger partial charge in [0.25, 0.3) is 0 Å². The van der Waals surface area contributed by atoms with E-state index >= 15 is 0 Å². The van der Waals surface area contributed by atoms with Crippen LogP contribution in [-0.4, -0.2) is 0 Å². The van der Waals surface area contributed by atoms with E-state index in [1.165, 1.54) is 0 Å². The minimum Gasteiger partial charge on any atom is -0.398 e. The molecule has 0 atom stereocenters. The molecule has 0 aliphatic heterocycles. The molecule has 0 bridgehead atoms. The second-order valence-corrected chi connectivity index (χ2v) is 5.24. The Morgan fingerprint density at radius 3 is 1.26 bits per heavy atom. The van der Waals surface area contributed by atoms with Gasteiger partial charge in [0.05, 0.1) is 0 Å². The van der Waals surface area contributed by atoms with Gasteiger partial charge >= 0.3 is 0 Å². The molecule has 2 aromatic rings. The van der Waals surface area contributed by atoms with Crippen LogP contribution < -0.4 is 11.5 Å². The fourth-order valence-electron chi connectivity index (χ4n) is 1.05. The summed E-state index contributed by atoms with van der Waals surface area (Å²) in [6, 6.07) is 10.4.